The molecule has 2 N–H and O–H groups in total. The predicted octanol–water partition coefficient (Wildman–Crippen LogP) is 2.02. The third-order valence-electron chi connectivity index (χ3n) is 2.61. The molecule has 0 amide bonds. The summed E-state index contributed by atoms with van der Waals surface area (Å²) >= 11 is 7.29. The second-order valence-electron chi connectivity index (χ2n) is 3.79. The Labute approximate surface area is 107 Å². The Morgan fingerprint density at radius 1 is 1.41 bits per heavy atom. The van der Waals surface area contributed by atoms with Gasteiger partial charge in [0.1, 0.15) is 11.0 Å². The molecule has 2 aromatic rings. The molecule has 5 nitrogen and oxygen atoms in total. The number of aliphatic imine (C=N–C) groups is 1. The number of guanidine groups is 1. The van der Waals surface area contributed by atoms with Gasteiger partial charge in [-0.3, -0.25) is 4.99 Å². The molecule has 88 valence electrons. The summed E-state index contributed by atoms with van der Waals surface area (Å²) in [5, 5.41) is 7.05. The van der Waals surface area contributed by atoms with E-state index < -0.39 is 0 Å². The second-order valence-corrected chi connectivity index (χ2v) is 4.73. The Morgan fingerprint density at radius 3 is 3.00 bits per heavy atom. The number of fused-ring (bicyclic) bond motifs is 1. The van der Waals surface area contributed by atoms with Gasteiger partial charge in [0.05, 0.1) is 29.0 Å². The quantitative estimate of drug-likeness (QED) is 0.830. The first-order chi connectivity index (χ1) is 8.25. The van der Waals surface area contributed by atoms with Gasteiger partial charge in [-0.05, 0) is 18.6 Å². The van der Waals surface area contributed by atoms with Crippen molar-refractivity contribution in [3.63, 3.8) is 0 Å². The zero-order chi connectivity index (χ0) is 11.8. The summed E-state index contributed by atoms with van der Waals surface area (Å²) < 4.78 is 8.48. The van der Waals surface area contributed by atoms with Crippen molar-refractivity contribution in [3.8, 4) is 0 Å². The van der Waals surface area contributed by atoms with Crippen molar-refractivity contribution in [2.45, 2.75) is 6.92 Å². The van der Waals surface area contributed by atoms with E-state index in [2.05, 4.69) is 24.4 Å². The largest absolute Gasteiger partial charge is 0.354 e. The van der Waals surface area contributed by atoms with E-state index in [1.165, 1.54) is 0 Å². The van der Waals surface area contributed by atoms with Crippen LogP contribution in [0, 0.1) is 6.92 Å². The van der Waals surface area contributed by atoms with Crippen molar-refractivity contribution >= 4 is 46.0 Å². The normalized spacial score (nSPS) is 14.8. The first kappa shape index (κ1) is 10.7. The molecule has 1 aliphatic heterocycles. The van der Waals surface area contributed by atoms with Crippen LogP contribution >= 0.6 is 23.3 Å². The number of hydrogen-bond donors (Lipinski definition) is 2. The van der Waals surface area contributed by atoms with Gasteiger partial charge in [0.25, 0.3) is 0 Å². The van der Waals surface area contributed by atoms with Gasteiger partial charge in [0.2, 0.25) is 0 Å². The van der Waals surface area contributed by atoms with Crippen LogP contribution in [0.4, 0.5) is 5.69 Å². The average Bonchev–Trinajstić information content (AvgIpc) is 2.95. The number of hydrogen-bond acceptors (Lipinski definition) is 6. The van der Waals surface area contributed by atoms with Gasteiger partial charge in [0, 0.05) is 6.54 Å². The number of nitrogens with one attached hydrogen (secondary N) is 2. The molecule has 1 aromatic heterocycles. The average molecular weight is 268 g/mol. The minimum atomic E-state index is 0.637. The topological polar surface area (TPSA) is 62.2 Å². The number of aromatic nitrogens is 2. The maximum atomic E-state index is 6.12. The van der Waals surface area contributed by atoms with Crippen LogP contribution in [0.5, 0.6) is 0 Å². The fourth-order valence-corrected chi connectivity index (χ4v) is 2.70. The van der Waals surface area contributed by atoms with Crippen molar-refractivity contribution in [3.05, 3.63) is 16.7 Å². The lowest BCUT2D eigenvalue weighted by atomic mass is 10.1. The van der Waals surface area contributed by atoms with E-state index in [1.807, 2.05) is 13.0 Å². The van der Waals surface area contributed by atoms with Gasteiger partial charge >= 0.3 is 0 Å². The molecular weight excluding hydrogens is 258 g/mol. The molecular formula is C10H10ClN5S. The van der Waals surface area contributed by atoms with Crippen LogP contribution in [0.15, 0.2) is 11.1 Å². The lowest BCUT2D eigenvalue weighted by molar-refractivity contribution is 0.959. The summed E-state index contributed by atoms with van der Waals surface area (Å²) in [5.74, 6) is 0.782. The molecule has 0 saturated carbocycles. The van der Waals surface area contributed by atoms with Crippen LogP contribution in [-0.2, 0) is 0 Å². The number of halogens is 1. The molecule has 7 heteroatoms. The molecule has 1 aliphatic rings. The molecule has 0 atom stereocenters. The van der Waals surface area contributed by atoms with Crippen LogP contribution in [0.1, 0.15) is 5.56 Å². The van der Waals surface area contributed by atoms with E-state index >= 15 is 0 Å². The molecule has 1 aromatic carbocycles. The van der Waals surface area contributed by atoms with Crippen LogP contribution in [-0.4, -0.2) is 27.8 Å². The summed E-state index contributed by atoms with van der Waals surface area (Å²) in [6.45, 7) is 3.66. The lowest BCUT2D eigenvalue weighted by Gasteiger charge is -2.10. The summed E-state index contributed by atoms with van der Waals surface area (Å²) in [4.78, 5) is 4.30. The van der Waals surface area contributed by atoms with Gasteiger partial charge < -0.3 is 10.6 Å². The molecule has 0 bridgehead atoms. The van der Waals surface area contributed by atoms with Gasteiger partial charge in [-0.1, -0.05) is 11.6 Å². The maximum absolute atomic E-state index is 6.12. The Balaban J connectivity index is 2.11. The Hall–Kier alpha value is -1.40. The second kappa shape index (κ2) is 4.12. The smallest absolute Gasteiger partial charge is 0.195 e. The van der Waals surface area contributed by atoms with E-state index in [4.69, 9.17) is 11.6 Å². The van der Waals surface area contributed by atoms with Crippen molar-refractivity contribution in [1.82, 2.24) is 14.1 Å². The van der Waals surface area contributed by atoms with Crippen molar-refractivity contribution in [2.24, 2.45) is 4.99 Å². The van der Waals surface area contributed by atoms with Crippen LogP contribution in [0.2, 0.25) is 5.02 Å². The lowest BCUT2D eigenvalue weighted by Crippen LogP contribution is -2.26. The van der Waals surface area contributed by atoms with E-state index in [0.29, 0.717) is 5.02 Å². The fourth-order valence-electron chi connectivity index (χ4n) is 1.78. The SMILES string of the molecule is Cc1cc(Cl)c2nsnc2c1NC1=NCCN1. The zero-order valence-corrected chi connectivity index (χ0v) is 10.7. The molecule has 0 unspecified atom stereocenters. The molecule has 0 fully saturated rings. The minimum Gasteiger partial charge on any atom is -0.354 e. The van der Waals surface area contributed by atoms with Crippen molar-refractivity contribution in [1.29, 1.82) is 0 Å². The van der Waals surface area contributed by atoms with Crippen LogP contribution in [0.25, 0.3) is 11.0 Å². The van der Waals surface area contributed by atoms with Gasteiger partial charge in [-0.25, -0.2) is 0 Å². The zero-order valence-electron chi connectivity index (χ0n) is 9.12. The number of anilines is 1. The first-order valence-corrected chi connectivity index (χ1v) is 6.33. The highest BCUT2D eigenvalue weighted by atomic mass is 35.5. The minimum absolute atomic E-state index is 0.637. The highest BCUT2D eigenvalue weighted by Crippen LogP contribution is 2.31. The Morgan fingerprint density at radius 2 is 2.24 bits per heavy atom. The highest BCUT2D eigenvalue weighted by molar-refractivity contribution is 7.00. The van der Waals surface area contributed by atoms with Crippen LogP contribution < -0.4 is 10.6 Å². The molecule has 0 saturated heterocycles. The van der Waals surface area contributed by atoms with E-state index in [-0.39, 0.29) is 0 Å². The molecule has 0 spiro atoms. The molecule has 3 rings (SSSR count). The predicted molar refractivity (Wildman–Crippen MR) is 71.1 cm³/mol. The fraction of sp³-hybridized carbons (Fsp3) is 0.300. The standard InChI is InChI=1S/C10H10ClN5S/c1-5-4-6(11)8-9(16-17-15-8)7(5)14-10-12-2-3-13-10/h4H,2-3H2,1H3,(H2,12,13,14). The molecule has 17 heavy (non-hydrogen) atoms. The first-order valence-electron chi connectivity index (χ1n) is 5.22. The summed E-state index contributed by atoms with van der Waals surface area (Å²) in [6.07, 6.45) is 0. The molecule has 2 heterocycles. The third kappa shape index (κ3) is 1.83. The third-order valence-corrected chi connectivity index (χ3v) is 3.42. The number of nitrogens with zero attached hydrogens (tertiary/aromatic N) is 3. The number of rotatable bonds is 1. The van der Waals surface area contributed by atoms with Gasteiger partial charge in [-0.2, -0.15) is 8.75 Å². The Bertz CT molecular complexity index is 606. The van der Waals surface area contributed by atoms with E-state index in [0.717, 1.165) is 53.1 Å². The van der Waals surface area contributed by atoms with Gasteiger partial charge in [-0.15, -0.1) is 0 Å². The monoisotopic (exact) mass is 267 g/mol. The maximum Gasteiger partial charge on any atom is 0.195 e. The van der Waals surface area contributed by atoms with Gasteiger partial charge in [0.15, 0.2) is 5.96 Å². The highest BCUT2D eigenvalue weighted by Gasteiger charge is 2.15. The Kier molecular flexibility index (Phi) is 2.60. The number of benzene rings is 1. The van der Waals surface area contributed by atoms with Crippen molar-refractivity contribution in [2.75, 3.05) is 18.4 Å². The summed E-state index contributed by atoms with van der Waals surface area (Å²) in [5.41, 5.74) is 3.50. The van der Waals surface area contributed by atoms with Crippen molar-refractivity contribution < 1.29 is 0 Å². The number of aryl methyl sites for hydroxylation is 1. The summed E-state index contributed by atoms with van der Waals surface area (Å²) in [7, 11) is 0. The summed E-state index contributed by atoms with van der Waals surface area (Å²) in [6, 6.07) is 1.89. The van der Waals surface area contributed by atoms with E-state index in [1.54, 1.807) is 0 Å². The molecule has 0 aliphatic carbocycles. The van der Waals surface area contributed by atoms with E-state index in [9.17, 15) is 0 Å². The van der Waals surface area contributed by atoms with Crippen LogP contribution in [0.3, 0.4) is 0 Å². The molecule has 0 radical (unpaired) electrons.